The lowest BCUT2D eigenvalue weighted by Crippen LogP contribution is -2.61. The molecule has 1 aromatic heterocycles. The van der Waals surface area contributed by atoms with Crippen molar-refractivity contribution in [1.29, 1.82) is 0 Å². The Morgan fingerprint density at radius 2 is 1.83 bits per heavy atom. The van der Waals surface area contributed by atoms with E-state index in [0.29, 0.717) is 30.3 Å². The molecule has 4 rings (SSSR count). The summed E-state index contributed by atoms with van der Waals surface area (Å²) in [4.78, 5) is 11.5. The van der Waals surface area contributed by atoms with Crippen LogP contribution in [0.25, 0.3) is 11.0 Å². The van der Waals surface area contributed by atoms with Crippen LogP contribution in [0, 0.1) is 22.7 Å². The summed E-state index contributed by atoms with van der Waals surface area (Å²) in [6.07, 6.45) is 2.91. The van der Waals surface area contributed by atoms with Gasteiger partial charge in [0, 0.05) is 23.4 Å². The van der Waals surface area contributed by atoms with Crippen LogP contribution in [0.4, 0.5) is 0 Å². The van der Waals surface area contributed by atoms with Gasteiger partial charge in [0.05, 0.1) is 18.3 Å². The largest absolute Gasteiger partial charge is 0.493 e. The molecule has 2 fully saturated rings. The van der Waals surface area contributed by atoms with Crippen LogP contribution in [0.2, 0.25) is 0 Å². The number of aliphatic hydroxyl groups is 2. The fraction of sp³-hybridized carbons (Fsp3) is 0.625. The molecule has 2 saturated carbocycles. The van der Waals surface area contributed by atoms with E-state index in [0.717, 1.165) is 24.6 Å². The molecule has 2 aliphatic carbocycles. The van der Waals surface area contributed by atoms with Gasteiger partial charge in [-0.2, -0.15) is 0 Å². The summed E-state index contributed by atoms with van der Waals surface area (Å²) in [6.45, 7) is 8.87. The maximum Gasteiger partial charge on any atom is 0.336 e. The fourth-order valence-electron chi connectivity index (χ4n) is 6.20. The first-order valence-electron chi connectivity index (χ1n) is 10.6. The highest BCUT2D eigenvalue weighted by Crippen LogP contribution is 2.61. The Kier molecular flexibility index (Phi) is 4.82. The van der Waals surface area contributed by atoms with E-state index in [-0.39, 0.29) is 28.5 Å². The summed E-state index contributed by atoms with van der Waals surface area (Å²) >= 11 is 0. The lowest BCUT2D eigenvalue weighted by molar-refractivity contribution is -0.201. The summed E-state index contributed by atoms with van der Waals surface area (Å²) in [6, 6.07) is 8.62. The van der Waals surface area contributed by atoms with Crippen LogP contribution < -0.4 is 10.4 Å². The Balaban J connectivity index is 1.61. The monoisotopic (exact) mass is 400 g/mol. The quantitative estimate of drug-likeness (QED) is 0.757. The van der Waals surface area contributed by atoms with Gasteiger partial charge in [-0.05, 0) is 67.6 Å². The third-order valence-corrected chi connectivity index (χ3v) is 8.01. The van der Waals surface area contributed by atoms with Crippen LogP contribution in [-0.4, -0.2) is 28.5 Å². The van der Waals surface area contributed by atoms with E-state index in [4.69, 9.17) is 9.15 Å². The zero-order chi connectivity index (χ0) is 21.0. The van der Waals surface area contributed by atoms with Gasteiger partial charge in [-0.25, -0.2) is 4.79 Å². The Labute approximate surface area is 171 Å². The minimum absolute atomic E-state index is 0.0565. The van der Waals surface area contributed by atoms with Crippen molar-refractivity contribution in [3.05, 3.63) is 40.8 Å². The van der Waals surface area contributed by atoms with Crippen molar-refractivity contribution in [3.63, 3.8) is 0 Å². The molecule has 0 bridgehead atoms. The number of benzene rings is 1. The van der Waals surface area contributed by atoms with E-state index < -0.39 is 5.60 Å². The molecule has 2 aliphatic rings. The van der Waals surface area contributed by atoms with Gasteiger partial charge in [-0.15, -0.1) is 0 Å². The molecular weight excluding hydrogens is 368 g/mol. The Hall–Kier alpha value is -1.85. The molecular formula is C24H32O5. The number of rotatable bonds is 3. The highest BCUT2D eigenvalue weighted by molar-refractivity contribution is 5.77. The molecule has 2 N–H and O–H groups in total. The average Bonchev–Trinajstić information content (AvgIpc) is 2.64. The lowest BCUT2D eigenvalue weighted by atomic mass is 9.45. The SMILES string of the molecule is CC1(C)[C@H]2CC[C@](C)(O)[C@H](COc3ccc4ccc(=O)oc4c3)[C@@]2(C)CC[C@@H]1O. The molecule has 1 aromatic carbocycles. The van der Waals surface area contributed by atoms with Crippen molar-refractivity contribution in [2.75, 3.05) is 6.61 Å². The molecule has 0 radical (unpaired) electrons. The van der Waals surface area contributed by atoms with Gasteiger partial charge in [-0.1, -0.05) is 20.8 Å². The van der Waals surface area contributed by atoms with Crippen LogP contribution >= 0.6 is 0 Å². The van der Waals surface area contributed by atoms with Gasteiger partial charge >= 0.3 is 5.63 Å². The highest BCUT2D eigenvalue weighted by atomic mass is 16.5. The molecule has 5 nitrogen and oxygen atoms in total. The summed E-state index contributed by atoms with van der Waals surface area (Å²) in [5.74, 6) is 0.893. The summed E-state index contributed by atoms with van der Waals surface area (Å²) in [5.41, 5.74) is -1.02. The second-order valence-electron chi connectivity index (χ2n) is 10.1. The van der Waals surface area contributed by atoms with Gasteiger partial charge in [-0.3, -0.25) is 0 Å². The maximum atomic E-state index is 11.5. The summed E-state index contributed by atoms with van der Waals surface area (Å²) < 4.78 is 11.4. The third-order valence-electron chi connectivity index (χ3n) is 8.01. The van der Waals surface area contributed by atoms with Crippen molar-refractivity contribution in [1.82, 2.24) is 0 Å². The Bertz CT molecular complexity index is 959. The molecule has 0 spiro atoms. The van der Waals surface area contributed by atoms with Crippen LogP contribution in [0.5, 0.6) is 5.75 Å². The minimum Gasteiger partial charge on any atom is -0.493 e. The standard InChI is InChI=1S/C24H32O5/c1-22(2)18-9-12-24(4,27)19(23(18,3)11-10-20(22)25)14-28-16-7-5-15-6-8-21(26)29-17(15)13-16/h5-8,13,18-20,25,27H,9-12,14H2,1-4H3/t18-,19-,20+,23+,24+/m1/s1. The second-order valence-corrected chi connectivity index (χ2v) is 10.1. The molecule has 29 heavy (non-hydrogen) atoms. The Morgan fingerprint density at radius 3 is 2.59 bits per heavy atom. The van der Waals surface area contributed by atoms with Gasteiger partial charge in [0.25, 0.3) is 0 Å². The first-order chi connectivity index (χ1) is 13.5. The van der Waals surface area contributed by atoms with Crippen molar-refractivity contribution in [3.8, 4) is 5.75 Å². The second kappa shape index (κ2) is 6.85. The van der Waals surface area contributed by atoms with E-state index in [1.807, 2.05) is 19.1 Å². The zero-order valence-corrected chi connectivity index (χ0v) is 17.8. The highest BCUT2D eigenvalue weighted by Gasteiger charge is 2.60. The molecule has 2 aromatic rings. The number of hydrogen-bond donors (Lipinski definition) is 2. The molecule has 158 valence electrons. The van der Waals surface area contributed by atoms with Crippen molar-refractivity contribution < 1.29 is 19.4 Å². The molecule has 0 unspecified atom stereocenters. The van der Waals surface area contributed by atoms with E-state index in [1.54, 1.807) is 12.1 Å². The first kappa shape index (κ1) is 20.4. The molecule has 5 atom stereocenters. The number of ether oxygens (including phenoxy) is 1. The summed E-state index contributed by atoms with van der Waals surface area (Å²) in [7, 11) is 0. The van der Waals surface area contributed by atoms with Gasteiger partial charge in [0.2, 0.25) is 0 Å². The molecule has 0 amide bonds. The molecule has 1 heterocycles. The van der Waals surface area contributed by atoms with Crippen LogP contribution in [-0.2, 0) is 0 Å². The van der Waals surface area contributed by atoms with Crippen molar-refractivity contribution in [2.24, 2.45) is 22.7 Å². The Morgan fingerprint density at radius 1 is 1.10 bits per heavy atom. The number of hydrogen-bond acceptors (Lipinski definition) is 5. The maximum absolute atomic E-state index is 11.5. The minimum atomic E-state index is -0.826. The van der Waals surface area contributed by atoms with Gasteiger partial charge < -0.3 is 19.4 Å². The molecule has 0 aliphatic heterocycles. The molecule has 0 saturated heterocycles. The predicted molar refractivity (Wildman–Crippen MR) is 112 cm³/mol. The van der Waals surface area contributed by atoms with Gasteiger partial charge in [0.15, 0.2) is 0 Å². The third kappa shape index (κ3) is 3.38. The number of fused-ring (bicyclic) bond motifs is 2. The summed E-state index contributed by atoms with van der Waals surface area (Å²) in [5, 5.41) is 22.7. The first-order valence-corrected chi connectivity index (χ1v) is 10.6. The van der Waals surface area contributed by atoms with E-state index in [1.165, 1.54) is 6.07 Å². The zero-order valence-electron chi connectivity index (χ0n) is 17.8. The number of aliphatic hydroxyl groups excluding tert-OH is 1. The van der Waals surface area contributed by atoms with E-state index in [2.05, 4.69) is 20.8 Å². The van der Waals surface area contributed by atoms with Crippen LogP contribution in [0.15, 0.2) is 39.5 Å². The fourth-order valence-corrected chi connectivity index (χ4v) is 6.20. The van der Waals surface area contributed by atoms with Gasteiger partial charge in [0.1, 0.15) is 11.3 Å². The van der Waals surface area contributed by atoms with Crippen molar-refractivity contribution >= 4 is 11.0 Å². The van der Waals surface area contributed by atoms with Crippen LogP contribution in [0.1, 0.15) is 53.4 Å². The van der Waals surface area contributed by atoms with E-state index >= 15 is 0 Å². The molecule has 5 heteroatoms. The normalized spacial score (nSPS) is 36.6. The lowest BCUT2D eigenvalue weighted by Gasteiger charge is -2.62. The average molecular weight is 401 g/mol. The van der Waals surface area contributed by atoms with E-state index in [9.17, 15) is 15.0 Å². The van der Waals surface area contributed by atoms with Crippen LogP contribution in [0.3, 0.4) is 0 Å². The van der Waals surface area contributed by atoms with Crippen molar-refractivity contribution in [2.45, 2.75) is 65.1 Å². The topological polar surface area (TPSA) is 79.9 Å². The smallest absolute Gasteiger partial charge is 0.336 e. The predicted octanol–water partition coefficient (Wildman–Crippen LogP) is 4.14.